The van der Waals surface area contributed by atoms with Crippen LogP contribution in [0.5, 0.6) is 0 Å². The van der Waals surface area contributed by atoms with Gasteiger partial charge in [0, 0.05) is 25.0 Å². The molecule has 2 heterocycles. The molecule has 1 unspecified atom stereocenters. The smallest absolute Gasteiger partial charge is 0.179 e. The van der Waals surface area contributed by atoms with Crippen molar-refractivity contribution in [3.63, 3.8) is 0 Å². The van der Waals surface area contributed by atoms with Crippen molar-refractivity contribution in [2.75, 3.05) is 31.2 Å². The summed E-state index contributed by atoms with van der Waals surface area (Å²) in [6.07, 6.45) is 8.95. The highest BCUT2D eigenvalue weighted by Crippen LogP contribution is 2.21. The minimum atomic E-state index is -3.25. The zero-order chi connectivity index (χ0) is 16.0. The average Bonchev–Trinajstić information content (AvgIpc) is 2.51. The van der Waals surface area contributed by atoms with E-state index in [1.54, 1.807) is 18.3 Å². The molecule has 1 fully saturated rings. The van der Waals surface area contributed by atoms with Gasteiger partial charge in [0.15, 0.2) is 9.84 Å². The van der Waals surface area contributed by atoms with Gasteiger partial charge in [-0.15, -0.1) is 0 Å². The Kier molecular flexibility index (Phi) is 6.20. The average molecular weight is 325 g/mol. The van der Waals surface area contributed by atoms with Crippen molar-refractivity contribution in [1.29, 1.82) is 0 Å². The fourth-order valence-electron chi connectivity index (χ4n) is 2.98. The molecule has 5 nitrogen and oxygen atoms in total. The molecule has 1 aromatic heterocycles. The first-order valence-electron chi connectivity index (χ1n) is 8.15. The van der Waals surface area contributed by atoms with Gasteiger partial charge in [-0.1, -0.05) is 19.8 Å². The first kappa shape index (κ1) is 17.2. The van der Waals surface area contributed by atoms with Gasteiger partial charge in [0.25, 0.3) is 0 Å². The molecule has 6 heteroatoms. The summed E-state index contributed by atoms with van der Waals surface area (Å²) in [4.78, 5) is 7.02. The molecule has 1 aromatic rings. The van der Waals surface area contributed by atoms with Crippen LogP contribution in [0.4, 0.5) is 5.82 Å². The topological polar surface area (TPSA) is 62.3 Å². The van der Waals surface area contributed by atoms with Gasteiger partial charge in [0.05, 0.1) is 0 Å². The van der Waals surface area contributed by atoms with Crippen LogP contribution in [-0.4, -0.2) is 50.2 Å². The summed E-state index contributed by atoms with van der Waals surface area (Å²) in [6.45, 7) is 5.24. The van der Waals surface area contributed by atoms with Gasteiger partial charge < -0.3 is 5.32 Å². The fourth-order valence-corrected chi connectivity index (χ4v) is 3.79. The molecule has 124 valence electrons. The first-order chi connectivity index (χ1) is 10.5. The number of rotatable bonds is 7. The van der Waals surface area contributed by atoms with Crippen LogP contribution < -0.4 is 5.32 Å². The molecule has 0 bridgehead atoms. The van der Waals surface area contributed by atoms with Crippen molar-refractivity contribution < 1.29 is 8.42 Å². The molecule has 1 atom stereocenters. The minimum Gasteiger partial charge on any atom is -0.367 e. The van der Waals surface area contributed by atoms with Crippen molar-refractivity contribution in [1.82, 2.24) is 9.88 Å². The summed E-state index contributed by atoms with van der Waals surface area (Å²) in [5, 5.41) is 3.26. The zero-order valence-corrected chi connectivity index (χ0v) is 14.4. The number of sulfone groups is 1. The number of nitrogens with zero attached hydrogens (tertiary/aromatic N) is 2. The number of hydrogen-bond donors (Lipinski definition) is 1. The maximum atomic E-state index is 11.8. The summed E-state index contributed by atoms with van der Waals surface area (Å²) >= 11 is 0. The van der Waals surface area contributed by atoms with E-state index in [2.05, 4.69) is 22.1 Å². The molecule has 22 heavy (non-hydrogen) atoms. The third-order valence-corrected chi connectivity index (χ3v) is 5.35. The largest absolute Gasteiger partial charge is 0.367 e. The molecule has 2 rings (SSSR count). The quantitative estimate of drug-likeness (QED) is 0.835. The molecule has 0 saturated carbocycles. The van der Waals surface area contributed by atoms with E-state index in [0.29, 0.717) is 11.9 Å². The number of pyridine rings is 1. The Morgan fingerprint density at radius 2 is 2.23 bits per heavy atom. The van der Waals surface area contributed by atoms with Gasteiger partial charge >= 0.3 is 0 Å². The summed E-state index contributed by atoms with van der Waals surface area (Å²) < 4.78 is 23.6. The SMILES string of the molecule is CCCCN1CCCCC1CNc1ncccc1S(C)(=O)=O. The molecule has 0 radical (unpaired) electrons. The molecule has 0 spiro atoms. The van der Waals surface area contributed by atoms with E-state index in [1.165, 1.54) is 31.9 Å². The zero-order valence-electron chi connectivity index (χ0n) is 13.6. The summed E-state index contributed by atoms with van der Waals surface area (Å²) in [5.74, 6) is 0.478. The van der Waals surface area contributed by atoms with Crippen molar-refractivity contribution in [3.05, 3.63) is 18.3 Å². The molecule has 1 saturated heterocycles. The van der Waals surface area contributed by atoms with Gasteiger partial charge in [-0.25, -0.2) is 13.4 Å². The number of hydrogen-bond acceptors (Lipinski definition) is 5. The van der Waals surface area contributed by atoms with Crippen LogP contribution in [-0.2, 0) is 9.84 Å². The number of anilines is 1. The Labute approximate surface area is 134 Å². The summed E-state index contributed by atoms with van der Waals surface area (Å²) in [5.41, 5.74) is 0. The molecular formula is C16H27N3O2S. The fraction of sp³-hybridized carbons (Fsp3) is 0.688. The van der Waals surface area contributed by atoms with Crippen LogP contribution in [0.15, 0.2) is 23.2 Å². The highest BCUT2D eigenvalue weighted by Gasteiger charge is 2.22. The maximum Gasteiger partial charge on any atom is 0.179 e. The predicted molar refractivity (Wildman–Crippen MR) is 90.0 cm³/mol. The maximum absolute atomic E-state index is 11.8. The monoisotopic (exact) mass is 325 g/mol. The molecule has 0 aliphatic carbocycles. The Morgan fingerprint density at radius 1 is 1.41 bits per heavy atom. The number of unbranched alkanes of at least 4 members (excludes halogenated alkanes) is 1. The number of likely N-dealkylation sites (tertiary alicyclic amines) is 1. The Bertz CT molecular complexity index is 575. The lowest BCUT2D eigenvalue weighted by Crippen LogP contribution is -2.44. The normalized spacial score (nSPS) is 20.0. The molecule has 0 aromatic carbocycles. The first-order valence-corrected chi connectivity index (χ1v) is 10.0. The number of nitrogens with one attached hydrogen (secondary N) is 1. The number of piperidine rings is 1. The lowest BCUT2D eigenvalue weighted by Gasteiger charge is -2.36. The van der Waals surface area contributed by atoms with Crippen LogP contribution in [0.25, 0.3) is 0 Å². The molecule has 1 N–H and O–H groups in total. The van der Waals surface area contributed by atoms with Gasteiger partial charge in [-0.3, -0.25) is 4.90 Å². The van der Waals surface area contributed by atoms with E-state index in [9.17, 15) is 8.42 Å². The number of aromatic nitrogens is 1. The summed E-state index contributed by atoms with van der Waals surface area (Å²) in [7, 11) is -3.25. The van der Waals surface area contributed by atoms with Crippen LogP contribution in [0, 0.1) is 0 Å². The van der Waals surface area contributed by atoms with E-state index < -0.39 is 9.84 Å². The van der Waals surface area contributed by atoms with Crippen LogP contribution >= 0.6 is 0 Å². The molecule has 1 aliphatic heterocycles. The van der Waals surface area contributed by atoms with Crippen molar-refractivity contribution in [2.24, 2.45) is 0 Å². The lowest BCUT2D eigenvalue weighted by atomic mass is 10.0. The second-order valence-electron chi connectivity index (χ2n) is 6.04. The van der Waals surface area contributed by atoms with Crippen LogP contribution in [0.3, 0.4) is 0 Å². The van der Waals surface area contributed by atoms with E-state index in [1.807, 2.05) is 0 Å². The molecule has 0 amide bonds. The van der Waals surface area contributed by atoms with E-state index in [0.717, 1.165) is 26.1 Å². The van der Waals surface area contributed by atoms with Gasteiger partial charge in [0.2, 0.25) is 0 Å². The lowest BCUT2D eigenvalue weighted by molar-refractivity contribution is 0.154. The predicted octanol–water partition coefficient (Wildman–Crippen LogP) is 2.55. The highest BCUT2D eigenvalue weighted by molar-refractivity contribution is 7.90. The van der Waals surface area contributed by atoms with E-state index in [4.69, 9.17) is 0 Å². The van der Waals surface area contributed by atoms with Crippen molar-refractivity contribution >= 4 is 15.7 Å². The minimum absolute atomic E-state index is 0.283. The van der Waals surface area contributed by atoms with Crippen molar-refractivity contribution in [2.45, 2.75) is 50.0 Å². The second kappa shape index (κ2) is 7.92. The van der Waals surface area contributed by atoms with E-state index in [-0.39, 0.29) is 4.90 Å². The summed E-state index contributed by atoms with van der Waals surface area (Å²) in [6, 6.07) is 3.74. The Hall–Kier alpha value is -1.14. The van der Waals surface area contributed by atoms with Crippen LogP contribution in [0.1, 0.15) is 39.0 Å². The molecule has 1 aliphatic rings. The van der Waals surface area contributed by atoms with Crippen molar-refractivity contribution in [3.8, 4) is 0 Å². The van der Waals surface area contributed by atoms with Gasteiger partial charge in [0.1, 0.15) is 10.7 Å². The van der Waals surface area contributed by atoms with Gasteiger partial charge in [-0.2, -0.15) is 0 Å². The third kappa shape index (κ3) is 4.68. The third-order valence-electron chi connectivity index (χ3n) is 4.22. The standard InChI is InChI=1S/C16H27N3O2S/c1-3-4-11-19-12-6-5-8-14(19)13-18-16-15(22(2,20)21)9-7-10-17-16/h7,9-10,14H,3-6,8,11-13H2,1-2H3,(H,17,18). The second-order valence-corrected chi connectivity index (χ2v) is 8.03. The Morgan fingerprint density at radius 3 is 2.95 bits per heavy atom. The van der Waals surface area contributed by atoms with E-state index >= 15 is 0 Å². The highest BCUT2D eigenvalue weighted by atomic mass is 32.2. The van der Waals surface area contributed by atoms with Crippen LogP contribution in [0.2, 0.25) is 0 Å². The Balaban J connectivity index is 2.02. The molecular weight excluding hydrogens is 298 g/mol. The van der Waals surface area contributed by atoms with Gasteiger partial charge in [-0.05, 0) is 44.5 Å².